The Hall–Kier alpha value is -1.36. The molecule has 2 amide bonds. The molecular formula is C20H28N2O2S. The third kappa shape index (κ3) is 3.12. The number of carbonyl (C=O) groups excluding carboxylic acids is 2. The molecular weight excluding hydrogens is 332 g/mol. The van der Waals surface area contributed by atoms with Crippen LogP contribution in [0.5, 0.6) is 0 Å². The number of anilines is 1. The van der Waals surface area contributed by atoms with Crippen molar-refractivity contribution in [3.8, 4) is 0 Å². The van der Waals surface area contributed by atoms with Gasteiger partial charge in [0.1, 0.15) is 5.00 Å². The van der Waals surface area contributed by atoms with E-state index in [1.165, 1.54) is 37.0 Å². The minimum atomic E-state index is -0.394. The van der Waals surface area contributed by atoms with Gasteiger partial charge < -0.3 is 11.1 Å². The quantitative estimate of drug-likeness (QED) is 0.829. The van der Waals surface area contributed by atoms with Gasteiger partial charge in [0.05, 0.1) is 5.56 Å². The van der Waals surface area contributed by atoms with Gasteiger partial charge in [-0.3, -0.25) is 9.59 Å². The smallest absolute Gasteiger partial charge is 0.251 e. The molecule has 5 heteroatoms. The second-order valence-electron chi connectivity index (χ2n) is 8.24. The Labute approximate surface area is 153 Å². The zero-order valence-corrected chi connectivity index (χ0v) is 15.8. The zero-order valence-electron chi connectivity index (χ0n) is 15.0. The Morgan fingerprint density at radius 2 is 2.08 bits per heavy atom. The number of hydrogen-bond acceptors (Lipinski definition) is 3. The second kappa shape index (κ2) is 6.75. The average molecular weight is 361 g/mol. The summed E-state index contributed by atoms with van der Waals surface area (Å²) in [6.07, 6.45) is 10.2. The van der Waals surface area contributed by atoms with Crippen molar-refractivity contribution in [2.24, 2.45) is 29.4 Å². The summed E-state index contributed by atoms with van der Waals surface area (Å²) in [6, 6.07) is 0. The maximum atomic E-state index is 12.8. The molecule has 0 aromatic carbocycles. The Morgan fingerprint density at radius 3 is 2.72 bits per heavy atom. The maximum Gasteiger partial charge on any atom is 0.251 e. The molecule has 4 unspecified atom stereocenters. The molecule has 4 rings (SSSR count). The van der Waals surface area contributed by atoms with Gasteiger partial charge in [0.25, 0.3) is 5.91 Å². The summed E-state index contributed by atoms with van der Waals surface area (Å²) in [7, 11) is 0. The molecule has 2 fully saturated rings. The normalized spacial score (nSPS) is 30.3. The maximum absolute atomic E-state index is 12.8. The van der Waals surface area contributed by atoms with Crippen molar-refractivity contribution in [1.29, 1.82) is 0 Å². The van der Waals surface area contributed by atoms with Crippen molar-refractivity contribution in [3.05, 3.63) is 16.0 Å². The number of nitrogens with two attached hydrogens (primary N) is 1. The number of hydrogen-bond donors (Lipinski definition) is 2. The first kappa shape index (κ1) is 17.1. The Morgan fingerprint density at radius 1 is 1.24 bits per heavy atom. The molecule has 136 valence electrons. The molecule has 3 N–H and O–H groups in total. The lowest BCUT2D eigenvalue weighted by Crippen LogP contribution is -2.28. The van der Waals surface area contributed by atoms with Crippen LogP contribution in [0.2, 0.25) is 0 Å². The van der Waals surface area contributed by atoms with Gasteiger partial charge in [0.2, 0.25) is 5.91 Å². The first-order chi connectivity index (χ1) is 12.1. The summed E-state index contributed by atoms with van der Waals surface area (Å²) in [5.41, 5.74) is 7.38. The molecule has 0 spiro atoms. The summed E-state index contributed by atoms with van der Waals surface area (Å²) in [5, 5.41) is 3.81. The fourth-order valence-corrected chi connectivity index (χ4v) is 6.80. The van der Waals surface area contributed by atoms with Crippen LogP contribution in [0.3, 0.4) is 0 Å². The minimum absolute atomic E-state index is 0.110. The summed E-state index contributed by atoms with van der Waals surface area (Å²) in [5.74, 6) is 1.83. The Bertz CT molecular complexity index is 696. The first-order valence-electron chi connectivity index (χ1n) is 9.82. The van der Waals surface area contributed by atoms with Crippen LogP contribution >= 0.6 is 11.3 Å². The topological polar surface area (TPSA) is 72.2 Å². The number of nitrogens with one attached hydrogen (secondary N) is 1. The first-order valence-corrected chi connectivity index (χ1v) is 10.6. The van der Waals surface area contributed by atoms with E-state index in [0.717, 1.165) is 37.2 Å². The number of fused-ring (bicyclic) bond motifs is 3. The molecule has 25 heavy (non-hydrogen) atoms. The van der Waals surface area contributed by atoms with E-state index in [2.05, 4.69) is 12.2 Å². The van der Waals surface area contributed by atoms with Crippen molar-refractivity contribution >= 4 is 28.2 Å². The molecule has 1 heterocycles. The van der Waals surface area contributed by atoms with Crippen LogP contribution in [-0.2, 0) is 17.6 Å². The molecule has 2 saturated carbocycles. The predicted octanol–water partition coefficient (Wildman–Crippen LogP) is 4.13. The fraction of sp³-hybridized carbons (Fsp3) is 0.700. The summed E-state index contributed by atoms with van der Waals surface area (Å²) in [4.78, 5) is 26.1. The lowest BCUT2D eigenvalue weighted by molar-refractivity contribution is -0.121. The van der Waals surface area contributed by atoms with Crippen molar-refractivity contribution in [2.45, 2.75) is 64.7 Å². The van der Waals surface area contributed by atoms with Gasteiger partial charge in [-0.1, -0.05) is 26.2 Å². The Kier molecular flexibility index (Phi) is 4.61. The van der Waals surface area contributed by atoms with Gasteiger partial charge in [0, 0.05) is 10.8 Å². The monoisotopic (exact) mass is 360 g/mol. The van der Waals surface area contributed by atoms with E-state index >= 15 is 0 Å². The van der Waals surface area contributed by atoms with Crippen LogP contribution in [0.4, 0.5) is 5.00 Å². The summed E-state index contributed by atoms with van der Waals surface area (Å²) >= 11 is 1.59. The van der Waals surface area contributed by atoms with Gasteiger partial charge in [-0.2, -0.15) is 0 Å². The van der Waals surface area contributed by atoms with Crippen LogP contribution in [0, 0.1) is 23.7 Å². The molecule has 2 bridgehead atoms. The highest BCUT2D eigenvalue weighted by Gasteiger charge is 2.43. The summed E-state index contributed by atoms with van der Waals surface area (Å²) < 4.78 is 0. The number of primary amides is 1. The minimum Gasteiger partial charge on any atom is -0.365 e. The molecule has 0 aliphatic heterocycles. The zero-order chi connectivity index (χ0) is 17.6. The van der Waals surface area contributed by atoms with Crippen molar-refractivity contribution in [2.75, 3.05) is 5.32 Å². The standard InChI is InChI=1S/C20H28N2O2S/c1-2-3-11-5-7-14-16(10-11)25-20(17(14)18(21)23)22-19(24)15-9-12-4-6-13(15)8-12/h11-13,15H,2-10H2,1H3,(H2,21,23)(H,22,24). The van der Waals surface area contributed by atoms with Gasteiger partial charge >= 0.3 is 0 Å². The van der Waals surface area contributed by atoms with E-state index in [9.17, 15) is 9.59 Å². The van der Waals surface area contributed by atoms with E-state index < -0.39 is 5.91 Å². The van der Waals surface area contributed by atoms with E-state index in [-0.39, 0.29) is 11.8 Å². The highest BCUT2D eigenvalue weighted by atomic mass is 32.1. The molecule has 0 radical (unpaired) electrons. The lowest BCUT2D eigenvalue weighted by atomic mass is 9.84. The third-order valence-electron chi connectivity index (χ3n) is 6.62. The van der Waals surface area contributed by atoms with E-state index in [1.54, 1.807) is 11.3 Å². The highest BCUT2D eigenvalue weighted by molar-refractivity contribution is 7.17. The molecule has 3 aliphatic carbocycles. The summed E-state index contributed by atoms with van der Waals surface area (Å²) in [6.45, 7) is 2.22. The molecule has 3 aliphatic rings. The van der Waals surface area contributed by atoms with Gasteiger partial charge in [-0.05, 0) is 61.8 Å². The molecule has 4 atom stereocenters. The van der Waals surface area contributed by atoms with Crippen LogP contribution in [-0.4, -0.2) is 11.8 Å². The molecule has 1 aromatic rings. The van der Waals surface area contributed by atoms with Crippen LogP contribution in [0.25, 0.3) is 0 Å². The number of carbonyl (C=O) groups is 2. The van der Waals surface area contributed by atoms with Gasteiger partial charge in [-0.25, -0.2) is 0 Å². The van der Waals surface area contributed by atoms with Gasteiger partial charge in [-0.15, -0.1) is 11.3 Å². The molecule has 4 nitrogen and oxygen atoms in total. The van der Waals surface area contributed by atoms with E-state index in [1.807, 2.05) is 0 Å². The number of amides is 2. The Balaban J connectivity index is 1.55. The van der Waals surface area contributed by atoms with E-state index in [0.29, 0.717) is 22.4 Å². The number of thiophene rings is 1. The van der Waals surface area contributed by atoms with E-state index in [4.69, 9.17) is 5.73 Å². The van der Waals surface area contributed by atoms with Crippen LogP contribution < -0.4 is 11.1 Å². The largest absolute Gasteiger partial charge is 0.365 e. The average Bonchev–Trinajstić information content (AvgIpc) is 3.27. The highest BCUT2D eigenvalue weighted by Crippen LogP contribution is 2.49. The third-order valence-corrected chi connectivity index (χ3v) is 7.79. The SMILES string of the molecule is CCCC1CCc2c(sc(NC(=O)C3CC4CCC3C4)c2C(N)=O)C1. The van der Waals surface area contributed by atoms with Crippen molar-refractivity contribution < 1.29 is 9.59 Å². The lowest BCUT2D eigenvalue weighted by Gasteiger charge is -2.21. The van der Waals surface area contributed by atoms with Crippen LogP contribution in [0.15, 0.2) is 0 Å². The van der Waals surface area contributed by atoms with Gasteiger partial charge in [0.15, 0.2) is 0 Å². The van der Waals surface area contributed by atoms with Crippen LogP contribution in [0.1, 0.15) is 72.7 Å². The predicted molar refractivity (Wildman–Crippen MR) is 101 cm³/mol. The fourth-order valence-electron chi connectivity index (χ4n) is 5.43. The number of rotatable bonds is 5. The molecule has 1 aromatic heterocycles. The molecule has 0 saturated heterocycles. The van der Waals surface area contributed by atoms with Crippen molar-refractivity contribution in [1.82, 2.24) is 0 Å². The second-order valence-corrected chi connectivity index (χ2v) is 9.35. The van der Waals surface area contributed by atoms with Crippen molar-refractivity contribution in [3.63, 3.8) is 0 Å².